The predicted molar refractivity (Wildman–Crippen MR) is 64.8 cm³/mol. The zero-order valence-corrected chi connectivity index (χ0v) is 10.3. The second-order valence-electron chi connectivity index (χ2n) is 3.77. The van der Waals surface area contributed by atoms with E-state index in [-0.39, 0.29) is 6.54 Å². The van der Waals surface area contributed by atoms with Crippen molar-refractivity contribution in [2.75, 3.05) is 13.1 Å². The number of carboxylic acids is 1. The third-order valence-corrected chi connectivity index (χ3v) is 2.74. The van der Waals surface area contributed by atoms with Crippen molar-refractivity contribution in [2.45, 2.75) is 20.4 Å². The van der Waals surface area contributed by atoms with E-state index in [1.165, 1.54) is 0 Å². The molecule has 1 N–H and O–H groups in total. The number of rotatable bonds is 5. The quantitative estimate of drug-likeness (QED) is 0.861. The van der Waals surface area contributed by atoms with Crippen LogP contribution in [0.5, 0.6) is 0 Å². The zero-order chi connectivity index (χ0) is 12.1. The second kappa shape index (κ2) is 5.87. The van der Waals surface area contributed by atoms with Gasteiger partial charge in [-0.1, -0.05) is 24.6 Å². The van der Waals surface area contributed by atoms with Crippen LogP contribution in [-0.4, -0.2) is 29.1 Å². The molecule has 0 atom stereocenters. The summed E-state index contributed by atoms with van der Waals surface area (Å²) >= 11 is 5.86. The number of benzene rings is 1. The van der Waals surface area contributed by atoms with Crippen molar-refractivity contribution in [3.05, 3.63) is 34.3 Å². The number of halogens is 1. The molecule has 0 heterocycles. The van der Waals surface area contributed by atoms with Gasteiger partial charge in [-0.25, -0.2) is 0 Å². The number of aliphatic carboxylic acids is 1. The molecule has 0 aromatic heterocycles. The monoisotopic (exact) mass is 241 g/mol. The molecule has 1 aromatic carbocycles. The van der Waals surface area contributed by atoms with Gasteiger partial charge in [0.05, 0.1) is 6.54 Å². The summed E-state index contributed by atoms with van der Waals surface area (Å²) in [6, 6.07) is 5.67. The van der Waals surface area contributed by atoms with Crippen LogP contribution in [0, 0.1) is 6.92 Å². The minimum Gasteiger partial charge on any atom is -0.480 e. The Labute approximate surface area is 101 Å². The number of hydrogen-bond donors (Lipinski definition) is 1. The molecule has 0 aliphatic heterocycles. The van der Waals surface area contributed by atoms with Crippen molar-refractivity contribution >= 4 is 17.6 Å². The lowest BCUT2D eigenvalue weighted by atomic mass is 10.1. The van der Waals surface area contributed by atoms with E-state index in [0.717, 1.165) is 11.1 Å². The van der Waals surface area contributed by atoms with Gasteiger partial charge in [-0.15, -0.1) is 0 Å². The summed E-state index contributed by atoms with van der Waals surface area (Å²) < 4.78 is 0. The maximum Gasteiger partial charge on any atom is 0.317 e. The first-order chi connectivity index (χ1) is 7.52. The van der Waals surface area contributed by atoms with Crippen LogP contribution in [0.2, 0.25) is 5.02 Å². The molecule has 0 radical (unpaired) electrons. The molecular weight excluding hydrogens is 226 g/mol. The van der Waals surface area contributed by atoms with Gasteiger partial charge in [-0.2, -0.15) is 0 Å². The Bertz CT molecular complexity index is 379. The van der Waals surface area contributed by atoms with Gasteiger partial charge in [0.1, 0.15) is 0 Å². The largest absolute Gasteiger partial charge is 0.480 e. The summed E-state index contributed by atoms with van der Waals surface area (Å²) in [5.74, 6) is -0.798. The van der Waals surface area contributed by atoms with Crippen LogP contribution < -0.4 is 0 Å². The van der Waals surface area contributed by atoms with Crippen molar-refractivity contribution in [3.8, 4) is 0 Å². The molecule has 0 saturated heterocycles. The van der Waals surface area contributed by atoms with E-state index in [1.54, 1.807) is 0 Å². The molecule has 16 heavy (non-hydrogen) atoms. The fourth-order valence-electron chi connectivity index (χ4n) is 1.55. The Morgan fingerprint density at radius 3 is 2.69 bits per heavy atom. The fraction of sp³-hybridized carbons (Fsp3) is 0.417. The molecule has 1 aromatic rings. The van der Waals surface area contributed by atoms with Gasteiger partial charge in [-0.3, -0.25) is 9.69 Å². The summed E-state index contributed by atoms with van der Waals surface area (Å²) in [4.78, 5) is 12.5. The van der Waals surface area contributed by atoms with Gasteiger partial charge in [0, 0.05) is 11.6 Å². The van der Waals surface area contributed by atoms with E-state index >= 15 is 0 Å². The molecule has 0 unspecified atom stereocenters. The van der Waals surface area contributed by atoms with Crippen molar-refractivity contribution in [3.63, 3.8) is 0 Å². The van der Waals surface area contributed by atoms with E-state index in [2.05, 4.69) is 0 Å². The molecule has 0 fully saturated rings. The smallest absolute Gasteiger partial charge is 0.317 e. The van der Waals surface area contributed by atoms with Gasteiger partial charge in [0.2, 0.25) is 0 Å². The maximum absolute atomic E-state index is 10.6. The van der Waals surface area contributed by atoms with Crippen molar-refractivity contribution in [2.24, 2.45) is 0 Å². The highest BCUT2D eigenvalue weighted by atomic mass is 35.5. The zero-order valence-electron chi connectivity index (χ0n) is 9.53. The van der Waals surface area contributed by atoms with Crippen molar-refractivity contribution in [1.82, 2.24) is 4.90 Å². The molecule has 88 valence electrons. The minimum absolute atomic E-state index is 0.0680. The number of hydrogen-bond acceptors (Lipinski definition) is 2. The Hall–Kier alpha value is -1.06. The van der Waals surface area contributed by atoms with Gasteiger partial charge >= 0.3 is 5.97 Å². The van der Waals surface area contributed by atoms with Gasteiger partial charge in [-0.05, 0) is 36.7 Å². The number of nitrogens with zero attached hydrogens (tertiary/aromatic N) is 1. The molecular formula is C12H16ClNO2. The molecule has 4 heteroatoms. The standard InChI is InChI=1S/C12H16ClNO2/c1-3-14(8-12(15)16)7-10-4-5-11(13)6-9(10)2/h4-6H,3,7-8H2,1-2H3,(H,15,16). The lowest BCUT2D eigenvalue weighted by Crippen LogP contribution is -2.29. The molecule has 1 rings (SSSR count). The Balaban J connectivity index is 2.73. The number of likely N-dealkylation sites (N-methyl/N-ethyl adjacent to an activating group) is 1. The highest BCUT2D eigenvalue weighted by Crippen LogP contribution is 2.16. The lowest BCUT2D eigenvalue weighted by molar-refractivity contribution is -0.138. The average molecular weight is 242 g/mol. The van der Waals surface area contributed by atoms with Crippen LogP contribution in [0.15, 0.2) is 18.2 Å². The van der Waals surface area contributed by atoms with Crippen LogP contribution >= 0.6 is 11.6 Å². The molecule has 3 nitrogen and oxygen atoms in total. The first kappa shape index (κ1) is 13.0. The van der Waals surface area contributed by atoms with Gasteiger partial charge in [0.15, 0.2) is 0 Å². The molecule has 0 saturated carbocycles. The highest BCUT2D eigenvalue weighted by Gasteiger charge is 2.09. The third-order valence-electron chi connectivity index (χ3n) is 2.50. The minimum atomic E-state index is -0.798. The summed E-state index contributed by atoms with van der Waals surface area (Å²) in [6.07, 6.45) is 0. The van der Waals surface area contributed by atoms with Crippen LogP contribution in [0.4, 0.5) is 0 Å². The summed E-state index contributed by atoms with van der Waals surface area (Å²) in [5.41, 5.74) is 2.21. The van der Waals surface area contributed by atoms with Gasteiger partial charge < -0.3 is 5.11 Å². The lowest BCUT2D eigenvalue weighted by Gasteiger charge is -2.19. The van der Waals surface area contributed by atoms with E-state index in [1.807, 2.05) is 36.9 Å². The van der Waals surface area contributed by atoms with E-state index in [9.17, 15) is 4.79 Å². The third kappa shape index (κ3) is 3.83. The Morgan fingerprint density at radius 1 is 1.50 bits per heavy atom. The van der Waals surface area contributed by atoms with Gasteiger partial charge in [0.25, 0.3) is 0 Å². The predicted octanol–water partition coefficient (Wildman–Crippen LogP) is 2.55. The summed E-state index contributed by atoms with van der Waals surface area (Å²) in [7, 11) is 0. The second-order valence-corrected chi connectivity index (χ2v) is 4.20. The van der Waals surface area contributed by atoms with Crippen molar-refractivity contribution < 1.29 is 9.90 Å². The van der Waals surface area contributed by atoms with E-state index in [0.29, 0.717) is 18.1 Å². The highest BCUT2D eigenvalue weighted by molar-refractivity contribution is 6.30. The maximum atomic E-state index is 10.6. The normalized spacial score (nSPS) is 10.8. The average Bonchev–Trinajstić information content (AvgIpc) is 2.20. The molecule has 0 amide bonds. The van der Waals surface area contributed by atoms with Crippen LogP contribution in [0.25, 0.3) is 0 Å². The van der Waals surface area contributed by atoms with Crippen LogP contribution in [-0.2, 0) is 11.3 Å². The SMILES string of the molecule is CCN(CC(=O)O)Cc1ccc(Cl)cc1C. The number of aryl methyl sites for hydroxylation is 1. The van der Waals surface area contributed by atoms with E-state index in [4.69, 9.17) is 16.7 Å². The molecule has 0 aliphatic rings. The summed E-state index contributed by atoms with van der Waals surface area (Å²) in [5, 5.41) is 9.45. The van der Waals surface area contributed by atoms with Crippen molar-refractivity contribution in [1.29, 1.82) is 0 Å². The number of carbonyl (C=O) groups is 1. The Morgan fingerprint density at radius 2 is 2.19 bits per heavy atom. The Kier molecular flexibility index (Phi) is 4.77. The fourth-order valence-corrected chi connectivity index (χ4v) is 1.78. The first-order valence-corrected chi connectivity index (χ1v) is 5.60. The summed E-state index contributed by atoms with van der Waals surface area (Å²) in [6.45, 7) is 5.36. The topological polar surface area (TPSA) is 40.5 Å². The molecule has 0 spiro atoms. The first-order valence-electron chi connectivity index (χ1n) is 5.22. The van der Waals surface area contributed by atoms with E-state index < -0.39 is 5.97 Å². The van der Waals surface area contributed by atoms with Crippen LogP contribution in [0.1, 0.15) is 18.1 Å². The van der Waals surface area contributed by atoms with Crippen LogP contribution in [0.3, 0.4) is 0 Å². The number of carboxylic acid groups (broad SMARTS) is 1. The molecule has 0 aliphatic carbocycles. The molecule has 0 bridgehead atoms.